The minimum Gasteiger partial charge on any atom is -0.481 e. The quantitative estimate of drug-likeness (QED) is 0.722. The maximum absolute atomic E-state index is 13.6. The maximum atomic E-state index is 13.6. The zero-order valence-electron chi connectivity index (χ0n) is 16.3. The van der Waals surface area contributed by atoms with Gasteiger partial charge < -0.3 is 9.64 Å². The van der Waals surface area contributed by atoms with Gasteiger partial charge in [-0.25, -0.2) is 9.37 Å². The molecule has 29 heavy (non-hydrogen) atoms. The van der Waals surface area contributed by atoms with Gasteiger partial charge in [-0.2, -0.15) is 5.10 Å². The van der Waals surface area contributed by atoms with Crippen LogP contribution in [0.25, 0.3) is 11.3 Å². The first-order chi connectivity index (χ1) is 14.1. The molecule has 0 atom stereocenters. The molecule has 1 aliphatic heterocycles. The number of nitrogens with one attached hydrogen (secondary N) is 1. The SMILES string of the molecule is COc1cc(CCC(=O)N2CCc3[nH]nc(-c4cccc(F)c4)c3CC2)ccn1. The number of benzene rings is 1. The largest absolute Gasteiger partial charge is 0.481 e. The molecule has 1 N–H and O–H groups in total. The molecule has 1 aromatic carbocycles. The number of aromatic amines is 1. The fourth-order valence-electron chi connectivity index (χ4n) is 3.73. The fraction of sp³-hybridized carbons (Fsp3) is 0.318. The van der Waals surface area contributed by atoms with Crippen molar-refractivity contribution >= 4 is 5.91 Å². The molecule has 1 aliphatic rings. The van der Waals surface area contributed by atoms with Gasteiger partial charge >= 0.3 is 0 Å². The van der Waals surface area contributed by atoms with Crippen molar-refractivity contribution in [2.45, 2.75) is 25.7 Å². The molecule has 0 aliphatic carbocycles. The van der Waals surface area contributed by atoms with Gasteiger partial charge in [0.1, 0.15) is 5.82 Å². The number of nitrogens with zero attached hydrogens (tertiary/aromatic N) is 3. The summed E-state index contributed by atoms with van der Waals surface area (Å²) in [5, 5.41) is 7.48. The van der Waals surface area contributed by atoms with E-state index < -0.39 is 0 Å². The Morgan fingerprint density at radius 1 is 1.24 bits per heavy atom. The number of methoxy groups -OCH3 is 1. The number of halogens is 1. The molecule has 0 spiro atoms. The first-order valence-corrected chi connectivity index (χ1v) is 9.73. The first kappa shape index (κ1) is 19.1. The number of rotatable bonds is 5. The molecule has 6 nitrogen and oxygen atoms in total. The normalized spacial score (nSPS) is 13.7. The number of fused-ring (bicyclic) bond motifs is 1. The Bertz CT molecular complexity index is 1020. The predicted octanol–water partition coefficient (Wildman–Crippen LogP) is 3.18. The number of pyridine rings is 1. The third kappa shape index (κ3) is 4.29. The molecule has 0 saturated carbocycles. The van der Waals surface area contributed by atoms with Crippen LogP contribution in [-0.2, 0) is 24.1 Å². The maximum Gasteiger partial charge on any atom is 0.222 e. The Balaban J connectivity index is 1.41. The lowest BCUT2D eigenvalue weighted by Gasteiger charge is -2.20. The van der Waals surface area contributed by atoms with Gasteiger partial charge in [0.05, 0.1) is 12.8 Å². The van der Waals surface area contributed by atoms with Crippen molar-refractivity contribution in [1.82, 2.24) is 20.1 Å². The second-order valence-corrected chi connectivity index (χ2v) is 7.13. The molecule has 4 rings (SSSR count). The molecule has 3 heterocycles. The summed E-state index contributed by atoms with van der Waals surface area (Å²) in [7, 11) is 1.58. The molecule has 7 heteroatoms. The number of amides is 1. The lowest BCUT2D eigenvalue weighted by molar-refractivity contribution is -0.131. The molecule has 0 unspecified atom stereocenters. The van der Waals surface area contributed by atoms with Crippen molar-refractivity contribution in [3.63, 3.8) is 0 Å². The van der Waals surface area contributed by atoms with Crippen LogP contribution in [0.5, 0.6) is 5.88 Å². The van der Waals surface area contributed by atoms with E-state index in [-0.39, 0.29) is 11.7 Å². The second-order valence-electron chi connectivity index (χ2n) is 7.13. The zero-order valence-corrected chi connectivity index (χ0v) is 16.3. The summed E-state index contributed by atoms with van der Waals surface area (Å²) < 4.78 is 18.7. The van der Waals surface area contributed by atoms with Crippen LogP contribution in [0, 0.1) is 5.82 Å². The van der Waals surface area contributed by atoms with Gasteiger partial charge in [0.15, 0.2) is 0 Å². The summed E-state index contributed by atoms with van der Waals surface area (Å²) in [5.74, 6) is 0.407. The molecule has 0 saturated heterocycles. The van der Waals surface area contributed by atoms with E-state index in [4.69, 9.17) is 4.74 Å². The number of H-pyrrole nitrogens is 1. The molecule has 0 bridgehead atoms. The van der Waals surface area contributed by atoms with Crippen LogP contribution >= 0.6 is 0 Å². The van der Waals surface area contributed by atoms with Gasteiger partial charge in [-0.1, -0.05) is 12.1 Å². The Labute approximate surface area is 168 Å². The summed E-state index contributed by atoms with van der Waals surface area (Å²) in [6.45, 7) is 1.28. The van der Waals surface area contributed by atoms with Crippen molar-refractivity contribution < 1.29 is 13.9 Å². The lowest BCUT2D eigenvalue weighted by atomic mass is 10.0. The van der Waals surface area contributed by atoms with E-state index in [0.29, 0.717) is 44.7 Å². The predicted molar refractivity (Wildman–Crippen MR) is 107 cm³/mol. The number of hydrogen-bond donors (Lipinski definition) is 1. The highest BCUT2D eigenvalue weighted by Gasteiger charge is 2.23. The fourth-order valence-corrected chi connectivity index (χ4v) is 3.73. The van der Waals surface area contributed by atoms with E-state index in [1.807, 2.05) is 23.1 Å². The molecule has 1 amide bonds. The van der Waals surface area contributed by atoms with Crippen LogP contribution in [0.4, 0.5) is 4.39 Å². The number of aryl methyl sites for hydroxylation is 1. The number of carbonyl (C=O) groups is 1. The van der Waals surface area contributed by atoms with E-state index in [1.54, 1.807) is 19.4 Å². The highest BCUT2D eigenvalue weighted by atomic mass is 19.1. The minimum atomic E-state index is -0.280. The molecule has 3 aromatic rings. The van der Waals surface area contributed by atoms with Crippen LogP contribution in [0.1, 0.15) is 23.2 Å². The molecule has 0 radical (unpaired) electrons. The van der Waals surface area contributed by atoms with E-state index in [1.165, 1.54) is 12.1 Å². The van der Waals surface area contributed by atoms with Gasteiger partial charge in [0.25, 0.3) is 0 Å². The van der Waals surface area contributed by atoms with Gasteiger partial charge in [0.2, 0.25) is 11.8 Å². The van der Waals surface area contributed by atoms with Crippen molar-refractivity contribution in [3.05, 3.63) is 65.2 Å². The molecule has 2 aromatic heterocycles. The van der Waals surface area contributed by atoms with E-state index in [2.05, 4.69) is 15.2 Å². The van der Waals surface area contributed by atoms with Gasteiger partial charge in [-0.05, 0) is 36.6 Å². The highest BCUT2D eigenvalue weighted by molar-refractivity contribution is 5.76. The van der Waals surface area contributed by atoms with Crippen LogP contribution in [-0.4, -0.2) is 46.2 Å². The van der Waals surface area contributed by atoms with Crippen molar-refractivity contribution in [2.24, 2.45) is 0 Å². The topological polar surface area (TPSA) is 71.1 Å². The average Bonchev–Trinajstić information content (AvgIpc) is 3.03. The van der Waals surface area contributed by atoms with Gasteiger partial charge in [-0.3, -0.25) is 9.89 Å². The molecular formula is C22H23FN4O2. The van der Waals surface area contributed by atoms with Crippen molar-refractivity contribution in [3.8, 4) is 17.1 Å². The summed E-state index contributed by atoms with van der Waals surface area (Å²) >= 11 is 0. The third-order valence-corrected chi connectivity index (χ3v) is 5.30. The Morgan fingerprint density at radius 3 is 2.93 bits per heavy atom. The Kier molecular flexibility index (Phi) is 5.55. The van der Waals surface area contributed by atoms with Gasteiger partial charge in [0, 0.05) is 55.0 Å². The minimum absolute atomic E-state index is 0.131. The summed E-state index contributed by atoms with van der Waals surface area (Å²) in [4.78, 5) is 18.8. The standard InChI is InChI=1S/C22H23FN4O2/c1-29-20-13-15(7-10-24-20)5-6-21(28)27-11-8-18-19(9-12-27)25-26-22(18)16-3-2-4-17(23)14-16/h2-4,7,10,13-14H,5-6,8-9,11-12H2,1H3,(H,25,26). The highest BCUT2D eigenvalue weighted by Crippen LogP contribution is 2.27. The number of ether oxygens (including phenoxy) is 1. The first-order valence-electron chi connectivity index (χ1n) is 9.73. The lowest BCUT2D eigenvalue weighted by Crippen LogP contribution is -2.33. The zero-order chi connectivity index (χ0) is 20.2. The van der Waals surface area contributed by atoms with E-state index in [0.717, 1.165) is 28.1 Å². The number of hydrogen-bond acceptors (Lipinski definition) is 4. The van der Waals surface area contributed by atoms with Crippen molar-refractivity contribution in [1.29, 1.82) is 0 Å². The van der Waals surface area contributed by atoms with Crippen LogP contribution in [0.2, 0.25) is 0 Å². The van der Waals surface area contributed by atoms with E-state index >= 15 is 0 Å². The molecular weight excluding hydrogens is 371 g/mol. The average molecular weight is 394 g/mol. The smallest absolute Gasteiger partial charge is 0.222 e. The summed E-state index contributed by atoms with van der Waals surface area (Å²) in [6, 6.07) is 10.2. The summed E-state index contributed by atoms with van der Waals surface area (Å²) in [6.07, 6.45) is 4.20. The Morgan fingerprint density at radius 2 is 2.10 bits per heavy atom. The Hall–Kier alpha value is -3.22. The van der Waals surface area contributed by atoms with Crippen LogP contribution in [0.15, 0.2) is 42.6 Å². The van der Waals surface area contributed by atoms with Crippen LogP contribution in [0.3, 0.4) is 0 Å². The number of aromatic nitrogens is 3. The van der Waals surface area contributed by atoms with Gasteiger partial charge in [-0.15, -0.1) is 0 Å². The van der Waals surface area contributed by atoms with E-state index in [9.17, 15) is 9.18 Å². The molecule has 0 fully saturated rings. The third-order valence-electron chi connectivity index (χ3n) is 5.30. The summed E-state index contributed by atoms with van der Waals surface area (Å²) in [5.41, 5.74) is 4.66. The second kappa shape index (κ2) is 8.43. The van der Waals surface area contributed by atoms with Crippen LogP contribution < -0.4 is 4.74 Å². The van der Waals surface area contributed by atoms with Crippen molar-refractivity contribution in [2.75, 3.05) is 20.2 Å². The number of carbonyl (C=O) groups excluding carboxylic acids is 1. The monoisotopic (exact) mass is 394 g/mol. The molecule has 150 valence electrons.